The molecule has 5 heteroatoms. The molecule has 1 saturated carbocycles. The second kappa shape index (κ2) is 4.85. The van der Waals surface area contributed by atoms with Gasteiger partial charge in [0.1, 0.15) is 11.5 Å². The Morgan fingerprint density at radius 1 is 1.42 bits per heavy atom. The molecule has 1 aliphatic carbocycles. The van der Waals surface area contributed by atoms with Crippen molar-refractivity contribution in [2.75, 3.05) is 0 Å². The fourth-order valence-electron chi connectivity index (χ4n) is 2.92. The molecule has 2 aromatic rings. The van der Waals surface area contributed by atoms with Crippen molar-refractivity contribution < 1.29 is 0 Å². The molecule has 0 spiro atoms. The zero-order valence-electron chi connectivity index (χ0n) is 10.7. The summed E-state index contributed by atoms with van der Waals surface area (Å²) >= 11 is 6.07. The Morgan fingerprint density at radius 3 is 2.84 bits per heavy atom. The van der Waals surface area contributed by atoms with Crippen molar-refractivity contribution >= 4 is 28.3 Å². The highest BCUT2D eigenvalue weighted by Crippen LogP contribution is 2.29. The summed E-state index contributed by atoms with van der Waals surface area (Å²) in [6.07, 6.45) is 5.14. The SMILES string of the molecule is N=C(N)c1nn(CC2CCCC2)c2cc(Cl)ccc12. The molecule has 0 aliphatic heterocycles. The highest BCUT2D eigenvalue weighted by Gasteiger charge is 2.19. The normalized spacial score (nSPS) is 16.3. The molecule has 0 radical (unpaired) electrons. The minimum Gasteiger partial charge on any atom is -0.382 e. The molecule has 0 saturated heterocycles. The summed E-state index contributed by atoms with van der Waals surface area (Å²) in [5.74, 6) is 0.694. The van der Waals surface area contributed by atoms with Crippen molar-refractivity contribution in [1.82, 2.24) is 9.78 Å². The molecule has 0 bridgehead atoms. The van der Waals surface area contributed by atoms with Gasteiger partial charge >= 0.3 is 0 Å². The monoisotopic (exact) mass is 276 g/mol. The molecule has 0 atom stereocenters. The maximum atomic E-state index is 7.64. The average Bonchev–Trinajstić information content (AvgIpc) is 2.98. The summed E-state index contributed by atoms with van der Waals surface area (Å²) in [5, 5.41) is 13.7. The largest absolute Gasteiger partial charge is 0.382 e. The Bertz CT molecular complexity index is 626. The van der Waals surface area contributed by atoms with Gasteiger partial charge in [0, 0.05) is 17.0 Å². The van der Waals surface area contributed by atoms with Crippen molar-refractivity contribution in [2.24, 2.45) is 11.7 Å². The molecule has 1 heterocycles. The highest BCUT2D eigenvalue weighted by molar-refractivity contribution is 6.31. The molecule has 1 aliphatic rings. The third kappa shape index (κ3) is 2.32. The van der Waals surface area contributed by atoms with Crippen LogP contribution < -0.4 is 5.73 Å². The van der Waals surface area contributed by atoms with E-state index in [9.17, 15) is 0 Å². The Labute approximate surface area is 117 Å². The van der Waals surface area contributed by atoms with Crippen LogP contribution in [0.25, 0.3) is 10.9 Å². The van der Waals surface area contributed by atoms with E-state index in [1.165, 1.54) is 25.7 Å². The summed E-state index contributed by atoms with van der Waals surface area (Å²) in [4.78, 5) is 0. The first-order valence-corrected chi connectivity index (χ1v) is 7.03. The van der Waals surface area contributed by atoms with Crippen molar-refractivity contribution in [2.45, 2.75) is 32.2 Å². The summed E-state index contributed by atoms with van der Waals surface area (Å²) in [7, 11) is 0. The number of nitrogens with two attached hydrogens (primary N) is 1. The number of hydrogen-bond donors (Lipinski definition) is 2. The maximum Gasteiger partial charge on any atom is 0.144 e. The molecule has 19 heavy (non-hydrogen) atoms. The second-order valence-electron chi connectivity index (χ2n) is 5.26. The Balaban J connectivity index is 2.06. The number of rotatable bonds is 3. The van der Waals surface area contributed by atoms with Gasteiger partial charge in [0.2, 0.25) is 0 Å². The van der Waals surface area contributed by atoms with Crippen LogP contribution in [0.2, 0.25) is 5.02 Å². The van der Waals surface area contributed by atoms with Gasteiger partial charge in [0.05, 0.1) is 5.52 Å². The lowest BCUT2D eigenvalue weighted by atomic mass is 10.1. The van der Waals surface area contributed by atoms with Crippen LogP contribution in [0.5, 0.6) is 0 Å². The van der Waals surface area contributed by atoms with E-state index in [1.54, 1.807) is 0 Å². The lowest BCUT2D eigenvalue weighted by molar-refractivity contribution is 0.437. The van der Waals surface area contributed by atoms with Crippen molar-refractivity contribution in [3.63, 3.8) is 0 Å². The third-order valence-electron chi connectivity index (χ3n) is 3.87. The molecule has 1 aromatic heterocycles. The van der Waals surface area contributed by atoms with Crippen molar-refractivity contribution in [3.05, 3.63) is 28.9 Å². The Kier molecular flexibility index (Phi) is 3.19. The molecule has 0 amide bonds. The van der Waals surface area contributed by atoms with Gasteiger partial charge in [-0.15, -0.1) is 0 Å². The number of nitrogen functional groups attached to an aromatic ring is 1. The predicted octanol–water partition coefficient (Wildman–Crippen LogP) is 3.16. The number of fused-ring (bicyclic) bond motifs is 1. The predicted molar refractivity (Wildman–Crippen MR) is 77.7 cm³/mol. The maximum absolute atomic E-state index is 7.64. The van der Waals surface area contributed by atoms with Crippen LogP contribution in [-0.4, -0.2) is 15.6 Å². The van der Waals surface area contributed by atoms with E-state index in [-0.39, 0.29) is 5.84 Å². The minimum atomic E-state index is 0.0116. The van der Waals surface area contributed by atoms with Crippen molar-refractivity contribution in [1.29, 1.82) is 5.41 Å². The van der Waals surface area contributed by atoms with E-state index in [2.05, 4.69) is 5.10 Å². The second-order valence-corrected chi connectivity index (χ2v) is 5.69. The molecule has 3 rings (SSSR count). The van der Waals surface area contributed by atoms with E-state index >= 15 is 0 Å². The first-order chi connectivity index (χ1) is 9.15. The van der Waals surface area contributed by atoms with Gasteiger partial charge in [-0.05, 0) is 37.0 Å². The molecule has 1 aromatic carbocycles. The Hall–Kier alpha value is -1.55. The zero-order chi connectivity index (χ0) is 13.4. The summed E-state index contributed by atoms with van der Waals surface area (Å²) in [5.41, 5.74) is 7.15. The third-order valence-corrected chi connectivity index (χ3v) is 4.11. The van der Waals surface area contributed by atoms with E-state index in [1.807, 2.05) is 22.9 Å². The van der Waals surface area contributed by atoms with Crippen LogP contribution in [0, 0.1) is 11.3 Å². The highest BCUT2D eigenvalue weighted by atomic mass is 35.5. The molecule has 0 unspecified atom stereocenters. The molecular weight excluding hydrogens is 260 g/mol. The van der Waals surface area contributed by atoms with Gasteiger partial charge in [-0.2, -0.15) is 5.10 Å². The first-order valence-electron chi connectivity index (χ1n) is 6.65. The molecule has 4 nitrogen and oxygen atoms in total. The van der Waals surface area contributed by atoms with Crippen molar-refractivity contribution in [3.8, 4) is 0 Å². The fraction of sp³-hybridized carbons (Fsp3) is 0.429. The number of nitrogens with one attached hydrogen (secondary N) is 1. The minimum absolute atomic E-state index is 0.0116. The van der Waals surface area contributed by atoms with Crippen LogP contribution in [0.4, 0.5) is 0 Å². The van der Waals surface area contributed by atoms with E-state index in [0.717, 1.165) is 17.4 Å². The van der Waals surface area contributed by atoms with Crippen LogP contribution >= 0.6 is 11.6 Å². The van der Waals surface area contributed by atoms with Gasteiger partial charge in [0.25, 0.3) is 0 Å². The van der Waals surface area contributed by atoms with Gasteiger partial charge in [0.15, 0.2) is 0 Å². The molecule has 1 fully saturated rings. The number of benzene rings is 1. The van der Waals surface area contributed by atoms with Gasteiger partial charge in [-0.3, -0.25) is 10.1 Å². The number of aromatic nitrogens is 2. The summed E-state index contributed by atoms with van der Waals surface area (Å²) in [6.45, 7) is 0.893. The number of halogens is 1. The topological polar surface area (TPSA) is 67.7 Å². The first kappa shape index (κ1) is 12.5. The summed E-state index contributed by atoms with van der Waals surface area (Å²) < 4.78 is 1.97. The van der Waals surface area contributed by atoms with Crippen LogP contribution in [0.1, 0.15) is 31.4 Å². The van der Waals surface area contributed by atoms with E-state index in [0.29, 0.717) is 16.6 Å². The fourth-order valence-corrected chi connectivity index (χ4v) is 3.09. The van der Waals surface area contributed by atoms with E-state index < -0.39 is 0 Å². The average molecular weight is 277 g/mol. The lowest BCUT2D eigenvalue weighted by Gasteiger charge is -2.09. The zero-order valence-corrected chi connectivity index (χ0v) is 11.5. The molecular formula is C14H17ClN4. The van der Waals surface area contributed by atoms with Crippen LogP contribution in [0.15, 0.2) is 18.2 Å². The molecule has 3 N–H and O–H groups in total. The quantitative estimate of drug-likeness (QED) is 0.668. The summed E-state index contributed by atoms with van der Waals surface area (Å²) in [6, 6.07) is 5.62. The van der Waals surface area contributed by atoms with Crippen LogP contribution in [-0.2, 0) is 6.54 Å². The van der Waals surface area contributed by atoms with Crippen LogP contribution in [0.3, 0.4) is 0 Å². The lowest BCUT2D eigenvalue weighted by Crippen LogP contribution is -2.14. The van der Waals surface area contributed by atoms with Gasteiger partial charge < -0.3 is 5.73 Å². The van der Waals surface area contributed by atoms with E-state index in [4.69, 9.17) is 22.7 Å². The molecule has 100 valence electrons. The number of nitrogens with zero attached hydrogens (tertiary/aromatic N) is 2. The standard InChI is InChI=1S/C14H17ClN4/c15-10-5-6-11-12(7-10)19(18-13(11)14(16)17)8-9-3-1-2-4-9/h5-7,9H,1-4,8H2,(H3,16,17). The smallest absolute Gasteiger partial charge is 0.144 e. The van der Waals surface area contributed by atoms with Gasteiger partial charge in [-0.1, -0.05) is 24.4 Å². The number of amidine groups is 1. The number of hydrogen-bond acceptors (Lipinski definition) is 2. The Morgan fingerprint density at radius 2 is 2.16 bits per heavy atom. The van der Waals surface area contributed by atoms with Gasteiger partial charge in [-0.25, -0.2) is 0 Å².